The van der Waals surface area contributed by atoms with Gasteiger partial charge < -0.3 is 19.4 Å². The van der Waals surface area contributed by atoms with Crippen LogP contribution in [0.1, 0.15) is 61.3 Å². The summed E-state index contributed by atoms with van der Waals surface area (Å²) in [6.45, 7) is 14.2. The van der Waals surface area contributed by atoms with E-state index >= 15 is 0 Å². The highest BCUT2D eigenvalue weighted by molar-refractivity contribution is 6.29. The molecule has 1 aliphatic heterocycles. The second-order valence-corrected chi connectivity index (χ2v) is 8.13. The lowest BCUT2D eigenvalue weighted by molar-refractivity contribution is -0.0913. The molecule has 1 saturated heterocycles. The average Bonchev–Trinajstić information content (AvgIpc) is 2.33. The van der Waals surface area contributed by atoms with E-state index in [-0.39, 0.29) is 6.09 Å². The van der Waals surface area contributed by atoms with Gasteiger partial charge in [-0.2, -0.15) is 0 Å². The molecule has 0 saturated carbocycles. The van der Waals surface area contributed by atoms with Gasteiger partial charge in [0.05, 0.1) is 11.2 Å². The SMILES string of the molecule is CC(C)(C)OC(=O)N1CCC([B]OC(C)(C)C(C)(C)O)CC1. The Bertz CT molecular complexity index is 377. The summed E-state index contributed by atoms with van der Waals surface area (Å²) in [5.41, 5.74) is -2.02. The predicted octanol–water partition coefficient (Wildman–Crippen LogP) is 2.99. The normalized spacial score (nSPS) is 18.3. The highest BCUT2D eigenvalue weighted by atomic mass is 16.6. The highest BCUT2D eigenvalue weighted by Gasteiger charge is 2.37. The molecule has 22 heavy (non-hydrogen) atoms. The van der Waals surface area contributed by atoms with Crippen LogP contribution in [0.5, 0.6) is 0 Å². The number of carbonyl (C=O) groups excluding carboxylic acids is 1. The third-order valence-corrected chi connectivity index (χ3v) is 4.22. The van der Waals surface area contributed by atoms with Crippen molar-refractivity contribution >= 4 is 13.6 Å². The van der Waals surface area contributed by atoms with Gasteiger partial charge >= 0.3 is 6.09 Å². The molecule has 5 nitrogen and oxygen atoms in total. The molecule has 1 fully saturated rings. The van der Waals surface area contributed by atoms with Crippen molar-refractivity contribution in [3.8, 4) is 0 Å². The number of likely N-dealkylation sites (tertiary alicyclic amines) is 1. The Morgan fingerprint density at radius 1 is 1.09 bits per heavy atom. The third-order valence-electron chi connectivity index (χ3n) is 4.22. The van der Waals surface area contributed by atoms with E-state index in [4.69, 9.17) is 9.39 Å². The van der Waals surface area contributed by atoms with Crippen LogP contribution in [0.15, 0.2) is 0 Å². The maximum atomic E-state index is 12.0. The van der Waals surface area contributed by atoms with Crippen molar-refractivity contribution < 1.29 is 19.3 Å². The third kappa shape index (κ3) is 5.80. The number of aliphatic hydroxyl groups is 1. The van der Waals surface area contributed by atoms with Gasteiger partial charge in [0.1, 0.15) is 5.60 Å². The molecule has 1 radical (unpaired) electrons. The molecule has 0 aromatic heterocycles. The smallest absolute Gasteiger partial charge is 0.410 e. The lowest BCUT2D eigenvalue weighted by Gasteiger charge is -2.39. The topological polar surface area (TPSA) is 59.0 Å². The van der Waals surface area contributed by atoms with Gasteiger partial charge in [0.15, 0.2) is 0 Å². The van der Waals surface area contributed by atoms with Gasteiger partial charge in [0, 0.05) is 13.1 Å². The minimum absolute atomic E-state index is 0.247. The lowest BCUT2D eigenvalue weighted by Crippen LogP contribution is -2.49. The first kappa shape index (κ1) is 19.3. The molecule has 1 aliphatic rings. The van der Waals surface area contributed by atoms with Crippen molar-refractivity contribution in [1.82, 2.24) is 4.90 Å². The Hall–Kier alpha value is -0.745. The Morgan fingerprint density at radius 2 is 1.59 bits per heavy atom. The van der Waals surface area contributed by atoms with Crippen LogP contribution in [0.4, 0.5) is 4.79 Å². The summed E-state index contributed by atoms with van der Waals surface area (Å²) in [6.07, 6.45) is 1.45. The zero-order chi connectivity index (χ0) is 17.2. The number of carbonyl (C=O) groups is 1. The number of hydrogen-bond acceptors (Lipinski definition) is 4. The summed E-state index contributed by atoms with van der Waals surface area (Å²) in [6, 6.07) is 0. The van der Waals surface area contributed by atoms with Crippen molar-refractivity contribution in [1.29, 1.82) is 0 Å². The maximum absolute atomic E-state index is 12.0. The molecule has 0 bridgehead atoms. The largest absolute Gasteiger partial charge is 0.444 e. The summed E-state index contributed by atoms with van der Waals surface area (Å²) in [4.78, 5) is 13.7. The zero-order valence-corrected chi connectivity index (χ0v) is 15.1. The monoisotopic (exact) mass is 312 g/mol. The molecule has 1 N–H and O–H groups in total. The first-order valence-electron chi connectivity index (χ1n) is 8.03. The van der Waals surface area contributed by atoms with Gasteiger partial charge in [0.2, 0.25) is 0 Å². The Balaban J connectivity index is 2.39. The lowest BCUT2D eigenvalue weighted by atomic mass is 9.72. The van der Waals surface area contributed by atoms with Crippen LogP contribution in [-0.4, -0.2) is 53.5 Å². The highest BCUT2D eigenvalue weighted by Crippen LogP contribution is 2.29. The van der Waals surface area contributed by atoms with E-state index in [9.17, 15) is 9.90 Å². The van der Waals surface area contributed by atoms with Crippen molar-refractivity contribution in [3.63, 3.8) is 0 Å². The minimum atomic E-state index is -0.916. The van der Waals surface area contributed by atoms with Gasteiger partial charge in [-0.15, -0.1) is 0 Å². The molecule has 0 atom stereocenters. The van der Waals surface area contributed by atoms with E-state index in [1.54, 1.807) is 18.7 Å². The quantitative estimate of drug-likeness (QED) is 0.811. The maximum Gasteiger partial charge on any atom is 0.410 e. The van der Waals surface area contributed by atoms with Crippen molar-refractivity contribution in [2.45, 2.75) is 83.9 Å². The van der Waals surface area contributed by atoms with E-state index in [2.05, 4.69) is 0 Å². The van der Waals surface area contributed by atoms with E-state index in [1.165, 1.54) is 0 Å². The number of nitrogens with zero attached hydrogens (tertiary/aromatic N) is 1. The second-order valence-electron chi connectivity index (χ2n) is 8.13. The molecule has 1 rings (SSSR count). The molecular formula is C16H31BNO4. The number of ether oxygens (including phenoxy) is 1. The molecule has 6 heteroatoms. The molecule has 0 aromatic rings. The number of amides is 1. The average molecular weight is 312 g/mol. The summed E-state index contributed by atoms with van der Waals surface area (Å²) >= 11 is 0. The molecule has 0 spiro atoms. The zero-order valence-electron chi connectivity index (χ0n) is 15.1. The van der Waals surface area contributed by atoms with E-state index < -0.39 is 16.8 Å². The summed E-state index contributed by atoms with van der Waals surface area (Å²) in [7, 11) is 1.82. The van der Waals surface area contributed by atoms with Gasteiger partial charge in [-0.25, -0.2) is 4.79 Å². The summed E-state index contributed by atoms with van der Waals surface area (Å²) < 4.78 is 11.2. The Morgan fingerprint density at radius 3 is 2.00 bits per heavy atom. The van der Waals surface area contributed by atoms with E-state index in [0.717, 1.165) is 12.8 Å². The van der Waals surface area contributed by atoms with E-state index in [0.29, 0.717) is 18.9 Å². The van der Waals surface area contributed by atoms with Crippen LogP contribution in [0, 0.1) is 0 Å². The van der Waals surface area contributed by atoms with Crippen LogP contribution in [0.25, 0.3) is 0 Å². The van der Waals surface area contributed by atoms with Gasteiger partial charge in [-0.1, -0.05) is 0 Å². The Labute approximate surface area is 135 Å². The fraction of sp³-hybridized carbons (Fsp3) is 0.938. The van der Waals surface area contributed by atoms with Gasteiger partial charge in [-0.3, -0.25) is 0 Å². The summed E-state index contributed by atoms with van der Waals surface area (Å²) in [5.74, 6) is 0.292. The molecule has 127 valence electrons. The fourth-order valence-electron chi connectivity index (χ4n) is 1.96. The van der Waals surface area contributed by atoms with Crippen LogP contribution >= 0.6 is 0 Å². The number of piperidine rings is 1. The van der Waals surface area contributed by atoms with Crippen molar-refractivity contribution in [2.24, 2.45) is 0 Å². The standard InChI is InChI=1S/C16H31BNO4/c1-14(2,3)21-13(19)18-10-8-12(9-11-18)17-22-16(6,7)15(4,5)20/h12,20H,8-11H2,1-7H3. The van der Waals surface area contributed by atoms with Crippen LogP contribution in [0.3, 0.4) is 0 Å². The molecule has 0 aliphatic carbocycles. The van der Waals surface area contributed by atoms with Crippen molar-refractivity contribution in [3.05, 3.63) is 0 Å². The van der Waals surface area contributed by atoms with Crippen LogP contribution < -0.4 is 0 Å². The first-order valence-corrected chi connectivity index (χ1v) is 8.03. The second kappa shape index (κ2) is 6.79. The first-order chi connectivity index (χ1) is 9.82. The van der Waals surface area contributed by atoms with Crippen LogP contribution in [-0.2, 0) is 9.39 Å². The predicted molar refractivity (Wildman–Crippen MR) is 88.0 cm³/mol. The minimum Gasteiger partial charge on any atom is -0.444 e. The molecule has 1 heterocycles. The van der Waals surface area contributed by atoms with Crippen LogP contribution in [0.2, 0.25) is 5.82 Å². The molecule has 0 unspecified atom stereocenters. The summed E-state index contributed by atoms with van der Waals surface area (Å²) in [5, 5.41) is 10.1. The van der Waals surface area contributed by atoms with Gasteiger partial charge in [0.25, 0.3) is 7.48 Å². The fourth-order valence-corrected chi connectivity index (χ4v) is 1.96. The van der Waals surface area contributed by atoms with E-state index in [1.807, 2.05) is 42.1 Å². The molecule has 1 amide bonds. The molecular weight excluding hydrogens is 281 g/mol. The Kier molecular flexibility index (Phi) is 5.96. The van der Waals surface area contributed by atoms with Crippen molar-refractivity contribution in [2.75, 3.05) is 13.1 Å². The number of hydrogen-bond donors (Lipinski definition) is 1. The molecule has 0 aromatic carbocycles. The van der Waals surface area contributed by atoms with Gasteiger partial charge in [-0.05, 0) is 67.1 Å². The number of rotatable bonds is 4.